The number of nitrogens with one attached hydrogen (secondary N) is 1. The van der Waals surface area contributed by atoms with E-state index in [-0.39, 0.29) is 16.4 Å². The Morgan fingerprint density at radius 2 is 2.00 bits per heavy atom. The van der Waals surface area contributed by atoms with Gasteiger partial charge in [0.05, 0.1) is 0 Å². The van der Waals surface area contributed by atoms with Crippen molar-refractivity contribution >= 4 is 28.2 Å². The molecule has 1 aromatic heterocycles. The molecule has 20 heavy (non-hydrogen) atoms. The minimum Gasteiger partial charge on any atom is -0.476 e. The molecule has 0 bridgehead atoms. The maximum absolute atomic E-state index is 11.4. The molecule has 1 saturated carbocycles. The molecule has 0 unspecified atom stereocenters. The number of hydrogen-bond donors (Lipinski definition) is 2. The Kier molecular flexibility index (Phi) is 4.75. The van der Waals surface area contributed by atoms with Gasteiger partial charge in [0.2, 0.25) is 0 Å². The van der Waals surface area contributed by atoms with E-state index < -0.39 is 5.97 Å². The Labute approximate surface area is 122 Å². The van der Waals surface area contributed by atoms with Crippen LogP contribution in [0.1, 0.15) is 66.1 Å². The average Bonchev–Trinajstić information content (AvgIpc) is 2.84. The zero-order valence-electron chi connectivity index (χ0n) is 11.8. The number of nitrogens with zero attached hydrogens (tertiary/aromatic N) is 1. The molecule has 0 spiro atoms. The number of anilines is 1. The lowest BCUT2D eigenvalue weighted by molar-refractivity contribution is 0.0687. The second-order valence-electron chi connectivity index (χ2n) is 5.33. The van der Waals surface area contributed by atoms with Crippen molar-refractivity contribution < 1.29 is 14.7 Å². The standard InChI is InChI=1S/C14H20N2O3S/c1-3-9-4-6-10(7-5-9)15-14-16-11(13(18)19)12(20-14)8(2)17/h9-10H,3-7H2,1-2H3,(H,15,16)(H,18,19). The number of carboxylic acid groups (broad SMARTS) is 1. The number of carbonyl (C=O) groups excluding carboxylic acids is 1. The first-order chi connectivity index (χ1) is 9.51. The quantitative estimate of drug-likeness (QED) is 0.814. The van der Waals surface area contributed by atoms with Crippen LogP contribution in [-0.2, 0) is 0 Å². The molecule has 1 aliphatic rings. The first-order valence-electron chi connectivity index (χ1n) is 7.02. The molecule has 0 radical (unpaired) electrons. The number of hydrogen-bond acceptors (Lipinski definition) is 5. The molecule has 0 aliphatic heterocycles. The predicted molar refractivity (Wildman–Crippen MR) is 78.7 cm³/mol. The van der Waals surface area contributed by atoms with Gasteiger partial charge in [0.1, 0.15) is 4.88 Å². The van der Waals surface area contributed by atoms with Gasteiger partial charge in [-0.25, -0.2) is 9.78 Å². The van der Waals surface area contributed by atoms with E-state index in [2.05, 4.69) is 17.2 Å². The van der Waals surface area contributed by atoms with Crippen LogP contribution in [0.4, 0.5) is 5.13 Å². The minimum atomic E-state index is -1.14. The lowest BCUT2D eigenvalue weighted by Gasteiger charge is -2.28. The highest BCUT2D eigenvalue weighted by Gasteiger charge is 2.24. The van der Waals surface area contributed by atoms with Gasteiger partial charge in [-0.05, 0) is 31.6 Å². The van der Waals surface area contributed by atoms with Crippen molar-refractivity contribution in [1.82, 2.24) is 4.98 Å². The third-order valence-electron chi connectivity index (χ3n) is 3.90. The summed E-state index contributed by atoms with van der Waals surface area (Å²) in [5, 5.41) is 12.9. The molecule has 0 atom stereocenters. The van der Waals surface area contributed by atoms with E-state index in [1.807, 2.05) is 0 Å². The summed E-state index contributed by atoms with van der Waals surface area (Å²) >= 11 is 1.14. The molecule has 110 valence electrons. The highest BCUT2D eigenvalue weighted by molar-refractivity contribution is 7.17. The molecule has 2 rings (SSSR count). The number of carboxylic acids is 1. The van der Waals surface area contributed by atoms with E-state index >= 15 is 0 Å². The van der Waals surface area contributed by atoms with Crippen LogP contribution in [-0.4, -0.2) is 27.9 Å². The lowest BCUT2D eigenvalue weighted by atomic mass is 9.85. The van der Waals surface area contributed by atoms with Gasteiger partial charge in [-0.2, -0.15) is 0 Å². The zero-order chi connectivity index (χ0) is 14.7. The number of Topliss-reactive ketones (excluding diaryl/α,β-unsaturated/α-hetero) is 1. The number of ketones is 1. The summed E-state index contributed by atoms with van der Waals surface area (Å²) < 4.78 is 0. The van der Waals surface area contributed by atoms with Crippen LogP contribution in [0.3, 0.4) is 0 Å². The number of rotatable bonds is 5. The third-order valence-corrected chi connectivity index (χ3v) is 4.99. The molecular formula is C14H20N2O3S. The van der Waals surface area contributed by atoms with Crippen LogP contribution in [0, 0.1) is 5.92 Å². The molecule has 0 aromatic carbocycles. The first kappa shape index (κ1) is 15.0. The Morgan fingerprint density at radius 1 is 1.35 bits per heavy atom. The smallest absolute Gasteiger partial charge is 0.356 e. The maximum atomic E-state index is 11.4. The lowest BCUT2D eigenvalue weighted by Crippen LogP contribution is -2.25. The van der Waals surface area contributed by atoms with E-state index in [0.717, 1.165) is 30.1 Å². The maximum Gasteiger partial charge on any atom is 0.356 e. The summed E-state index contributed by atoms with van der Waals surface area (Å²) in [4.78, 5) is 26.8. The van der Waals surface area contributed by atoms with Crippen molar-refractivity contribution in [3.63, 3.8) is 0 Å². The fourth-order valence-electron chi connectivity index (χ4n) is 2.66. The Morgan fingerprint density at radius 3 is 2.45 bits per heavy atom. The predicted octanol–water partition coefficient (Wildman–Crippen LogP) is 3.42. The molecule has 1 aromatic rings. The molecule has 0 amide bonds. The number of thiazole rings is 1. The van der Waals surface area contributed by atoms with Crippen LogP contribution < -0.4 is 5.32 Å². The summed E-state index contributed by atoms with van der Waals surface area (Å²) in [7, 11) is 0. The van der Waals surface area contributed by atoms with Crippen LogP contribution >= 0.6 is 11.3 Å². The molecule has 0 saturated heterocycles. The van der Waals surface area contributed by atoms with Crippen molar-refractivity contribution in [2.45, 2.75) is 52.0 Å². The third kappa shape index (κ3) is 3.36. The van der Waals surface area contributed by atoms with Crippen LogP contribution in [0.25, 0.3) is 0 Å². The van der Waals surface area contributed by atoms with Gasteiger partial charge in [-0.15, -0.1) is 0 Å². The van der Waals surface area contributed by atoms with Crippen molar-refractivity contribution in [3.8, 4) is 0 Å². The normalized spacial score (nSPS) is 22.5. The number of aromatic carboxylic acids is 1. The van der Waals surface area contributed by atoms with E-state index in [9.17, 15) is 9.59 Å². The minimum absolute atomic E-state index is 0.132. The summed E-state index contributed by atoms with van der Waals surface area (Å²) in [6, 6.07) is 0.338. The largest absolute Gasteiger partial charge is 0.476 e. The molecule has 2 N–H and O–H groups in total. The SMILES string of the molecule is CCC1CCC(Nc2nc(C(=O)O)c(C(C)=O)s2)CC1. The summed E-state index contributed by atoms with van der Waals surface area (Å²) in [6.45, 7) is 3.59. The Hall–Kier alpha value is -1.43. The monoisotopic (exact) mass is 296 g/mol. The molecule has 1 aliphatic carbocycles. The molecule has 5 nitrogen and oxygen atoms in total. The van der Waals surface area contributed by atoms with Crippen LogP contribution in [0.2, 0.25) is 0 Å². The molecule has 6 heteroatoms. The summed E-state index contributed by atoms with van der Waals surface area (Å²) in [5.41, 5.74) is -0.132. The number of aromatic nitrogens is 1. The van der Waals surface area contributed by atoms with Gasteiger partial charge in [-0.3, -0.25) is 4.79 Å². The van der Waals surface area contributed by atoms with E-state index in [4.69, 9.17) is 5.11 Å². The van der Waals surface area contributed by atoms with Gasteiger partial charge >= 0.3 is 5.97 Å². The average molecular weight is 296 g/mol. The van der Waals surface area contributed by atoms with Crippen molar-refractivity contribution in [3.05, 3.63) is 10.6 Å². The van der Waals surface area contributed by atoms with Crippen molar-refractivity contribution in [2.75, 3.05) is 5.32 Å². The highest BCUT2D eigenvalue weighted by atomic mass is 32.1. The summed E-state index contributed by atoms with van der Waals surface area (Å²) in [6.07, 6.45) is 5.78. The van der Waals surface area contributed by atoms with Crippen LogP contribution in [0.15, 0.2) is 0 Å². The summed E-state index contributed by atoms with van der Waals surface area (Å²) in [5.74, 6) is -0.580. The topological polar surface area (TPSA) is 79.3 Å². The van der Waals surface area contributed by atoms with E-state index in [1.165, 1.54) is 26.2 Å². The van der Waals surface area contributed by atoms with Gasteiger partial charge < -0.3 is 10.4 Å². The van der Waals surface area contributed by atoms with E-state index in [1.54, 1.807) is 0 Å². The van der Waals surface area contributed by atoms with Gasteiger partial charge in [0.15, 0.2) is 16.6 Å². The molecular weight excluding hydrogens is 276 g/mol. The number of carbonyl (C=O) groups is 2. The first-order valence-corrected chi connectivity index (χ1v) is 7.84. The molecule has 1 heterocycles. The van der Waals surface area contributed by atoms with E-state index in [0.29, 0.717) is 11.2 Å². The zero-order valence-corrected chi connectivity index (χ0v) is 12.6. The van der Waals surface area contributed by atoms with Crippen LogP contribution in [0.5, 0.6) is 0 Å². The fraction of sp³-hybridized carbons (Fsp3) is 0.643. The van der Waals surface area contributed by atoms with Crippen molar-refractivity contribution in [2.24, 2.45) is 5.92 Å². The second-order valence-corrected chi connectivity index (χ2v) is 6.33. The Bertz CT molecular complexity index is 473. The van der Waals surface area contributed by atoms with Gasteiger partial charge in [0, 0.05) is 13.0 Å². The second kappa shape index (κ2) is 6.35. The van der Waals surface area contributed by atoms with Gasteiger partial charge in [-0.1, -0.05) is 24.7 Å². The van der Waals surface area contributed by atoms with Gasteiger partial charge in [0.25, 0.3) is 0 Å². The highest BCUT2D eigenvalue weighted by Crippen LogP contribution is 2.30. The Balaban J connectivity index is 2.05. The van der Waals surface area contributed by atoms with Crippen molar-refractivity contribution in [1.29, 1.82) is 0 Å². The molecule has 1 fully saturated rings. The fourth-order valence-corrected chi connectivity index (χ4v) is 3.58.